The van der Waals surface area contributed by atoms with Crippen molar-refractivity contribution in [1.82, 2.24) is 9.80 Å². The van der Waals surface area contributed by atoms with Crippen LogP contribution >= 0.6 is 12.4 Å². The zero-order valence-electron chi connectivity index (χ0n) is 13.5. The molecule has 0 aromatic heterocycles. The Morgan fingerprint density at radius 1 is 1.14 bits per heavy atom. The number of hydrogen-bond acceptors (Lipinski definition) is 3. The molecular formula is C16H26ClN3O2. The Morgan fingerprint density at radius 3 is 2.18 bits per heavy atom. The first-order valence-electron chi connectivity index (χ1n) is 7.31. The molecule has 0 bridgehead atoms. The molecular weight excluding hydrogens is 302 g/mol. The van der Waals surface area contributed by atoms with Crippen LogP contribution in [-0.4, -0.2) is 54.3 Å². The molecule has 0 saturated carbocycles. The first-order valence-corrected chi connectivity index (χ1v) is 7.31. The average Bonchev–Trinajstić information content (AvgIpc) is 2.48. The monoisotopic (exact) mass is 327 g/mol. The van der Waals surface area contributed by atoms with Gasteiger partial charge in [0.05, 0.1) is 12.6 Å². The highest BCUT2D eigenvalue weighted by Crippen LogP contribution is 2.04. The highest BCUT2D eigenvalue weighted by molar-refractivity contribution is 5.87. The van der Waals surface area contributed by atoms with E-state index in [4.69, 9.17) is 5.73 Å². The molecule has 2 amide bonds. The van der Waals surface area contributed by atoms with Crippen LogP contribution in [0.15, 0.2) is 30.3 Å². The summed E-state index contributed by atoms with van der Waals surface area (Å²) in [6.07, 6.45) is 0.476. The van der Waals surface area contributed by atoms with Crippen LogP contribution in [0.1, 0.15) is 19.4 Å². The molecule has 0 aliphatic carbocycles. The normalized spacial score (nSPS) is 11.3. The van der Waals surface area contributed by atoms with Gasteiger partial charge in [-0.15, -0.1) is 12.4 Å². The third-order valence-electron chi connectivity index (χ3n) is 3.48. The van der Waals surface area contributed by atoms with Crippen molar-refractivity contribution in [3.8, 4) is 0 Å². The van der Waals surface area contributed by atoms with E-state index in [2.05, 4.69) is 0 Å². The molecule has 0 heterocycles. The summed E-state index contributed by atoms with van der Waals surface area (Å²) in [6.45, 7) is 5.21. The summed E-state index contributed by atoms with van der Waals surface area (Å²) in [5.41, 5.74) is 6.97. The number of nitrogens with two attached hydrogens (primary N) is 1. The van der Waals surface area contributed by atoms with E-state index in [0.29, 0.717) is 19.5 Å². The zero-order valence-corrected chi connectivity index (χ0v) is 14.3. The molecule has 0 saturated heterocycles. The Morgan fingerprint density at radius 2 is 1.68 bits per heavy atom. The second kappa shape index (κ2) is 10.2. The van der Waals surface area contributed by atoms with Crippen molar-refractivity contribution in [3.05, 3.63) is 35.9 Å². The van der Waals surface area contributed by atoms with Gasteiger partial charge in [0.1, 0.15) is 0 Å². The molecule has 1 aromatic rings. The lowest BCUT2D eigenvalue weighted by atomic mass is 10.1. The maximum absolute atomic E-state index is 12.2. The summed E-state index contributed by atoms with van der Waals surface area (Å²) >= 11 is 0. The summed E-state index contributed by atoms with van der Waals surface area (Å²) in [6, 6.07) is 9.01. The molecule has 0 fully saturated rings. The zero-order chi connectivity index (χ0) is 15.8. The second-order valence-electron chi connectivity index (χ2n) is 5.06. The van der Waals surface area contributed by atoms with Gasteiger partial charge in [-0.05, 0) is 25.8 Å². The fraction of sp³-hybridized carbons (Fsp3) is 0.500. The third-order valence-corrected chi connectivity index (χ3v) is 3.48. The van der Waals surface area contributed by atoms with Crippen LogP contribution in [0, 0.1) is 0 Å². The predicted octanol–water partition coefficient (Wildman–Crippen LogP) is 1.31. The van der Waals surface area contributed by atoms with Gasteiger partial charge >= 0.3 is 0 Å². The van der Waals surface area contributed by atoms with Crippen LogP contribution in [0.5, 0.6) is 0 Å². The highest BCUT2D eigenvalue weighted by Gasteiger charge is 2.21. The van der Waals surface area contributed by atoms with Gasteiger partial charge in [-0.25, -0.2) is 0 Å². The standard InChI is InChI=1S/C16H25N3O2.ClH/c1-4-19(5-2)15(20)12-18(3)16(21)14(17)11-13-9-7-6-8-10-13;/h6-10,14H,4-5,11-12,17H2,1-3H3;1H. The minimum absolute atomic E-state index is 0. The molecule has 22 heavy (non-hydrogen) atoms. The lowest BCUT2D eigenvalue weighted by Gasteiger charge is -2.25. The Kier molecular flexibility index (Phi) is 9.45. The van der Waals surface area contributed by atoms with Gasteiger partial charge < -0.3 is 15.5 Å². The lowest BCUT2D eigenvalue weighted by Crippen LogP contribution is -2.47. The molecule has 0 aliphatic heterocycles. The van der Waals surface area contributed by atoms with Gasteiger partial charge in [-0.3, -0.25) is 9.59 Å². The van der Waals surface area contributed by atoms with E-state index in [0.717, 1.165) is 5.56 Å². The molecule has 1 atom stereocenters. The smallest absolute Gasteiger partial charge is 0.242 e. The van der Waals surface area contributed by atoms with Crippen LogP contribution in [-0.2, 0) is 16.0 Å². The Balaban J connectivity index is 0.00000441. The minimum atomic E-state index is -0.623. The van der Waals surface area contributed by atoms with Crippen molar-refractivity contribution in [2.45, 2.75) is 26.3 Å². The van der Waals surface area contributed by atoms with E-state index in [1.54, 1.807) is 11.9 Å². The molecule has 5 nitrogen and oxygen atoms in total. The van der Waals surface area contributed by atoms with Gasteiger partial charge in [0.15, 0.2) is 0 Å². The van der Waals surface area contributed by atoms with Gasteiger partial charge in [-0.2, -0.15) is 0 Å². The largest absolute Gasteiger partial charge is 0.342 e. The summed E-state index contributed by atoms with van der Waals surface area (Å²) < 4.78 is 0. The lowest BCUT2D eigenvalue weighted by molar-refractivity contribution is -0.139. The number of benzene rings is 1. The van der Waals surface area contributed by atoms with E-state index >= 15 is 0 Å². The van der Waals surface area contributed by atoms with Crippen LogP contribution in [0.2, 0.25) is 0 Å². The van der Waals surface area contributed by atoms with Gasteiger partial charge in [0.2, 0.25) is 11.8 Å². The predicted molar refractivity (Wildman–Crippen MR) is 90.9 cm³/mol. The molecule has 0 spiro atoms. The van der Waals surface area contributed by atoms with Gasteiger partial charge in [0.25, 0.3) is 0 Å². The molecule has 6 heteroatoms. The van der Waals surface area contributed by atoms with Crippen molar-refractivity contribution in [2.24, 2.45) is 5.73 Å². The molecule has 2 N–H and O–H groups in total. The van der Waals surface area contributed by atoms with Crippen LogP contribution < -0.4 is 5.73 Å². The van der Waals surface area contributed by atoms with Crippen molar-refractivity contribution in [3.63, 3.8) is 0 Å². The first kappa shape index (κ1) is 20.4. The van der Waals surface area contributed by atoms with E-state index in [1.807, 2.05) is 44.2 Å². The molecule has 0 aliphatic rings. The summed E-state index contributed by atoms with van der Waals surface area (Å²) in [4.78, 5) is 27.3. The van der Waals surface area contributed by atoms with Crippen molar-refractivity contribution < 1.29 is 9.59 Å². The van der Waals surface area contributed by atoms with Crippen molar-refractivity contribution >= 4 is 24.2 Å². The molecule has 0 radical (unpaired) electrons. The summed E-state index contributed by atoms with van der Waals surface area (Å²) in [5, 5.41) is 0. The van der Waals surface area contributed by atoms with Crippen molar-refractivity contribution in [2.75, 3.05) is 26.7 Å². The summed E-state index contributed by atoms with van der Waals surface area (Å²) in [5.74, 6) is -0.262. The number of nitrogens with zero attached hydrogens (tertiary/aromatic N) is 2. The van der Waals surface area contributed by atoms with Gasteiger partial charge in [-0.1, -0.05) is 30.3 Å². The van der Waals surface area contributed by atoms with Crippen LogP contribution in [0.3, 0.4) is 0 Å². The Labute approximate surface area is 138 Å². The number of likely N-dealkylation sites (N-methyl/N-ethyl adjacent to an activating group) is 2. The topological polar surface area (TPSA) is 66.6 Å². The molecule has 1 rings (SSSR count). The van der Waals surface area contributed by atoms with E-state index in [9.17, 15) is 9.59 Å². The minimum Gasteiger partial charge on any atom is -0.342 e. The molecule has 1 aromatic carbocycles. The number of hydrogen-bond donors (Lipinski definition) is 1. The van der Waals surface area contributed by atoms with Crippen LogP contribution in [0.4, 0.5) is 0 Å². The average molecular weight is 328 g/mol. The first-order chi connectivity index (χ1) is 9.99. The van der Waals surface area contributed by atoms with Crippen molar-refractivity contribution in [1.29, 1.82) is 0 Å². The quantitative estimate of drug-likeness (QED) is 0.821. The number of halogens is 1. The van der Waals surface area contributed by atoms with Gasteiger partial charge in [0, 0.05) is 20.1 Å². The fourth-order valence-electron chi connectivity index (χ4n) is 2.20. The highest BCUT2D eigenvalue weighted by atomic mass is 35.5. The Bertz CT molecular complexity index is 464. The maximum atomic E-state index is 12.2. The number of carbonyl (C=O) groups excluding carboxylic acids is 2. The maximum Gasteiger partial charge on any atom is 0.242 e. The van der Waals surface area contributed by atoms with E-state index in [1.165, 1.54) is 4.90 Å². The third kappa shape index (κ3) is 6.03. The number of carbonyl (C=O) groups is 2. The number of amides is 2. The fourth-order valence-corrected chi connectivity index (χ4v) is 2.20. The Hall–Kier alpha value is -1.59. The number of rotatable bonds is 7. The van der Waals surface area contributed by atoms with E-state index in [-0.39, 0.29) is 30.8 Å². The SMILES string of the molecule is CCN(CC)C(=O)CN(C)C(=O)C(N)Cc1ccccc1.Cl. The second-order valence-corrected chi connectivity index (χ2v) is 5.06. The summed E-state index contributed by atoms with van der Waals surface area (Å²) in [7, 11) is 1.62. The van der Waals surface area contributed by atoms with Crippen LogP contribution in [0.25, 0.3) is 0 Å². The molecule has 1 unspecified atom stereocenters. The van der Waals surface area contributed by atoms with E-state index < -0.39 is 6.04 Å². The molecule has 124 valence electrons.